The maximum atomic E-state index is 10.6. The Balaban J connectivity index is 1.74. The molecule has 2 aromatic carbocycles. The average Bonchev–Trinajstić information content (AvgIpc) is 2.98. The van der Waals surface area contributed by atoms with E-state index in [1.165, 1.54) is 11.1 Å². The molecule has 4 nitrogen and oxygen atoms in total. The zero-order valence-electron chi connectivity index (χ0n) is 16.1. The van der Waals surface area contributed by atoms with Crippen molar-refractivity contribution in [3.63, 3.8) is 0 Å². The number of nitrogens with zero attached hydrogens (tertiary/aromatic N) is 2. The highest BCUT2D eigenvalue weighted by Gasteiger charge is 2.16. The van der Waals surface area contributed by atoms with E-state index in [1.54, 1.807) is 0 Å². The fourth-order valence-electron chi connectivity index (χ4n) is 3.29. The van der Waals surface area contributed by atoms with Crippen molar-refractivity contribution in [3.05, 3.63) is 59.4 Å². The summed E-state index contributed by atoms with van der Waals surface area (Å²) in [6.07, 6.45) is 0.370. The molecule has 0 unspecified atom stereocenters. The molecule has 1 N–H and O–H groups in total. The van der Waals surface area contributed by atoms with E-state index in [4.69, 9.17) is 9.72 Å². The zero-order valence-corrected chi connectivity index (χ0v) is 16.1. The van der Waals surface area contributed by atoms with Crippen molar-refractivity contribution >= 4 is 11.0 Å². The minimum Gasteiger partial charge on any atom is -0.491 e. The van der Waals surface area contributed by atoms with Crippen LogP contribution in [0.15, 0.2) is 42.5 Å². The molecule has 1 atom stereocenters. The molecule has 0 spiro atoms. The molecule has 0 saturated carbocycles. The number of aliphatic hydroxyl groups excluding tert-OH is 1. The highest BCUT2D eigenvalue weighted by atomic mass is 16.5. The van der Waals surface area contributed by atoms with Crippen LogP contribution in [0.25, 0.3) is 11.0 Å². The summed E-state index contributed by atoms with van der Waals surface area (Å²) < 4.78 is 7.98. The Morgan fingerprint density at radius 2 is 1.92 bits per heavy atom. The van der Waals surface area contributed by atoms with Crippen molar-refractivity contribution in [1.82, 2.24) is 9.55 Å². The molecular weight excluding hydrogens is 324 g/mol. The molecule has 1 heterocycles. The number of ether oxygens (including phenoxy) is 1. The molecule has 0 bridgehead atoms. The number of hydrogen-bond donors (Lipinski definition) is 1. The van der Waals surface area contributed by atoms with Crippen molar-refractivity contribution in [2.24, 2.45) is 0 Å². The second-order valence-corrected chi connectivity index (χ2v) is 7.20. The Labute approximate surface area is 155 Å². The van der Waals surface area contributed by atoms with Gasteiger partial charge in [0.05, 0.1) is 17.6 Å². The molecule has 3 aromatic rings. The normalized spacial score (nSPS) is 12.7. The van der Waals surface area contributed by atoms with Crippen LogP contribution in [0.4, 0.5) is 0 Å². The van der Waals surface area contributed by atoms with Crippen molar-refractivity contribution in [1.29, 1.82) is 0 Å². The van der Waals surface area contributed by atoms with Crippen LogP contribution in [0.2, 0.25) is 0 Å². The first kappa shape index (κ1) is 18.5. The van der Waals surface area contributed by atoms with Gasteiger partial charge in [0.1, 0.15) is 24.3 Å². The van der Waals surface area contributed by atoms with Gasteiger partial charge in [-0.2, -0.15) is 0 Å². The minimum absolute atomic E-state index is 0.261. The number of rotatable bonds is 7. The third kappa shape index (κ3) is 4.07. The van der Waals surface area contributed by atoms with Gasteiger partial charge in [0.2, 0.25) is 0 Å². The molecule has 0 radical (unpaired) electrons. The van der Waals surface area contributed by atoms with Crippen molar-refractivity contribution in [2.45, 2.75) is 52.7 Å². The monoisotopic (exact) mass is 352 g/mol. The van der Waals surface area contributed by atoms with E-state index in [-0.39, 0.29) is 6.61 Å². The smallest absolute Gasteiger partial charge is 0.119 e. The Kier molecular flexibility index (Phi) is 5.62. The van der Waals surface area contributed by atoms with Crippen LogP contribution in [-0.2, 0) is 13.0 Å². The number of aryl methyl sites for hydroxylation is 2. The van der Waals surface area contributed by atoms with E-state index >= 15 is 0 Å². The topological polar surface area (TPSA) is 47.3 Å². The van der Waals surface area contributed by atoms with Crippen molar-refractivity contribution in [2.75, 3.05) is 6.61 Å². The molecule has 0 amide bonds. The van der Waals surface area contributed by atoms with Gasteiger partial charge in [-0.1, -0.05) is 39.0 Å². The summed E-state index contributed by atoms with van der Waals surface area (Å²) >= 11 is 0. The molecule has 0 aliphatic carbocycles. The van der Waals surface area contributed by atoms with Crippen LogP contribution >= 0.6 is 0 Å². The standard InChI is InChI=1S/C22H28N2O2/c1-5-17-10-16(4)11-19(12-17)26-14-18(25)13-24-21-9-7-6-8-20(21)23-22(24)15(2)3/h6-12,15,18,25H,5,13-14H2,1-4H3/t18-/m0/s1. The summed E-state index contributed by atoms with van der Waals surface area (Å²) in [6, 6.07) is 14.3. The minimum atomic E-state index is -0.601. The number of benzene rings is 2. The van der Waals surface area contributed by atoms with Gasteiger partial charge in [-0.25, -0.2) is 4.98 Å². The largest absolute Gasteiger partial charge is 0.491 e. The van der Waals surface area contributed by atoms with E-state index in [2.05, 4.69) is 44.4 Å². The number of para-hydroxylation sites is 2. The number of aliphatic hydroxyl groups is 1. The predicted octanol–water partition coefficient (Wildman–Crippen LogP) is 4.47. The predicted molar refractivity (Wildman–Crippen MR) is 106 cm³/mol. The first-order valence-corrected chi connectivity index (χ1v) is 9.34. The van der Waals surface area contributed by atoms with Crippen LogP contribution < -0.4 is 4.74 Å². The second kappa shape index (κ2) is 7.92. The maximum Gasteiger partial charge on any atom is 0.119 e. The first-order valence-electron chi connectivity index (χ1n) is 9.34. The number of hydrogen-bond acceptors (Lipinski definition) is 3. The van der Waals surface area contributed by atoms with E-state index in [9.17, 15) is 5.11 Å². The van der Waals surface area contributed by atoms with Gasteiger partial charge in [-0.05, 0) is 48.7 Å². The molecular formula is C22H28N2O2. The molecule has 138 valence electrons. The SMILES string of the molecule is CCc1cc(C)cc(OC[C@@H](O)Cn2c(C(C)C)nc3ccccc32)c1. The maximum absolute atomic E-state index is 10.6. The molecule has 0 fully saturated rings. The lowest BCUT2D eigenvalue weighted by atomic mass is 10.1. The molecule has 0 aliphatic heterocycles. The molecule has 0 saturated heterocycles. The fourth-order valence-corrected chi connectivity index (χ4v) is 3.29. The van der Waals surface area contributed by atoms with Crippen LogP contribution in [0.1, 0.15) is 43.6 Å². The zero-order chi connectivity index (χ0) is 18.7. The van der Waals surface area contributed by atoms with Gasteiger partial charge >= 0.3 is 0 Å². The summed E-state index contributed by atoms with van der Waals surface area (Å²) in [5.41, 5.74) is 4.45. The van der Waals surface area contributed by atoms with E-state index < -0.39 is 6.10 Å². The lowest BCUT2D eigenvalue weighted by molar-refractivity contribution is 0.0925. The Morgan fingerprint density at radius 1 is 1.15 bits per heavy atom. The Bertz CT molecular complexity index is 883. The van der Waals surface area contributed by atoms with E-state index in [0.717, 1.165) is 29.0 Å². The van der Waals surface area contributed by atoms with Gasteiger partial charge in [0.15, 0.2) is 0 Å². The van der Waals surface area contributed by atoms with Crippen LogP contribution in [0, 0.1) is 6.92 Å². The van der Waals surface area contributed by atoms with Gasteiger partial charge in [0.25, 0.3) is 0 Å². The van der Waals surface area contributed by atoms with Crippen LogP contribution in [-0.4, -0.2) is 27.4 Å². The summed E-state index contributed by atoms with van der Waals surface area (Å²) in [6.45, 7) is 9.18. The number of aromatic nitrogens is 2. The summed E-state index contributed by atoms with van der Waals surface area (Å²) in [7, 11) is 0. The van der Waals surface area contributed by atoms with E-state index in [0.29, 0.717) is 12.5 Å². The molecule has 3 rings (SSSR count). The quantitative estimate of drug-likeness (QED) is 0.682. The lowest BCUT2D eigenvalue weighted by Crippen LogP contribution is -2.25. The summed E-state index contributed by atoms with van der Waals surface area (Å²) in [5.74, 6) is 2.11. The van der Waals surface area contributed by atoms with Crippen LogP contribution in [0.3, 0.4) is 0 Å². The Morgan fingerprint density at radius 3 is 2.65 bits per heavy atom. The third-order valence-corrected chi connectivity index (χ3v) is 4.56. The molecule has 26 heavy (non-hydrogen) atoms. The van der Waals surface area contributed by atoms with Crippen molar-refractivity contribution in [3.8, 4) is 5.75 Å². The van der Waals surface area contributed by atoms with Crippen molar-refractivity contribution < 1.29 is 9.84 Å². The molecule has 4 heteroatoms. The fraction of sp³-hybridized carbons (Fsp3) is 0.409. The number of fused-ring (bicyclic) bond motifs is 1. The van der Waals surface area contributed by atoms with Gasteiger partial charge in [0, 0.05) is 5.92 Å². The van der Waals surface area contributed by atoms with Gasteiger partial charge < -0.3 is 14.4 Å². The van der Waals surface area contributed by atoms with E-state index in [1.807, 2.05) is 30.3 Å². The molecule has 0 aliphatic rings. The second-order valence-electron chi connectivity index (χ2n) is 7.20. The van der Waals surface area contributed by atoms with Gasteiger partial charge in [-0.3, -0.25) is 0 Å². The third-order valence-electron chi connectivity index (χ3n) is 4.56. The molecule has 1 aromatic heterocycles. The lowest BCUT2D eigenvalue weighted by Gasteiger charge is -2.17. The number of imidazole rings is 1. The highest BCUT2D eigenvalue weighted by molar-refractivity contribution is 5.76. The highest BCUT2D eigenvalue weighted by Crippen LogP contribution is 2.23. The average molecular weight is 352 g/mol. The first-order chi connectivity index (χ1) is 12.5. The summed E-state index contributed by atoms with van der Waals surface area (Å²) in [5, 5.41) is 10.6. The summed E-state index contributed by atoms with van der Waals surface area (Å²) in [4.78, 5) is 4.73. The Hall–Kier alpha value is -2.33. The van der Waals surface area contributed by atoms with Gasteiger partial charge in [-0.15, -0.1) is 0 Å². The van der Waals surface area contributed by atoms with Crippen LogP contribution in [0.5, 0.6) is 5.75 Å².